The van der Waals surface area contributed by atoms with Crippen LogP contribution in [-0.2, 0) is 0 Å². The molecule has 124 valence electrons. The van der Waals surface area contributed by atoms with E-state index in [1.54, 1.807) is 6.07 Å². The number of carbonyl (C=O) groups excluding carboxylic acids is 1. The summed E-state index contributed by atoms with van der Waals surface area (Å²) in [5.74, 6) is -0.686. The number of carbonyl (C=O) groups is 1. The summed E-state index contributed by atoms with van der Waals surface area (Å²) in [5, 5.41) is 8.84. The number of nitriles is 1. The third-order valence-electron chi connectivity index (χ3n) is 3.36. The van der Waals surface area contributed by atoms with Gasteiger partial charge in [-0.25, -0.2) is 9.37 Å². The second kappa shape index (κ2) is 6.79. The largest absolute Gasteiger partial charge is 0.292 e. The molecule has 0 radical (unpaired) electrons. The number of amides is 1. The van der Waals surface area contributed by atoms with E-state index >= 15 is 0 Å². The second-order valence-electron chi connectivity index (χ2n) is 6.90. The van der Waals surface area contributed by atoms with Crippen molar-refractivity contribution >= 4 is 11.7 Å². The molecule has 1 amide bonds. The second-order valence-corrected chi connectivity index (χ2v) is 6.90. The fourth-order valence-corrected chi connectivity index (χ4v) is 2.31. The zero-order valence-corrected chi connectivity index (χ0v) is 14.3. The maximum Gasteiger partial charge on any atom is 0.262 e. The Morgan fingerprint density at radius 2 is 2.00 bits per heavy atom. The van der Waals surface area contributed by atoms with Crippen LogP contribution >= 0.6 is 0 Å². The number of pyridine rings is 1. The molecular formula is C19H20FN3O. The van der Waals surface area contributed by atoms with Gasteiger partial charge in [0.1, 0.15) is 11.6 Å². The molecule has 0 saturated carbocycles. The van der Waals surface area contributed by atoms with E-state index in [9.17, 15) is 9.18 Å². The van der Waals surface area contributed by atoms with E-state index in [-0.39, 0.29) is 16.5 Å². The first-order valence-electron chi connectivity index (χ1n) is 7.66. The molecule has 1 aromatic heterocycles. The molecule has 2 rings (SSSR count). The van der Waals surface area contributed by atoms with Crippen molar-refractivity contribution in [2.24, 2.45) is 5.41 Å². The molecule has 0 saturated heterocycles. The first kappa shape index (κ1) is 17.6. The van der Waals surface area contributed by atoms with Crippen molar-refractivity contribution < 1.29 is 9.18 Å². The number of anilines is 1. The van der Waals surface area contributed by atoms with Gasteiger partial charge in [-0.05, 0) is 42.7 Å². The van der Waals surface area contributed by atoms with Gasteiger partial charge in [-0.15, -0.1) is 0 Å². The molecule has 0 aliphatic heterocycles. The minimum Gasteiger partial charge on any atom is -0.292 e. The molecule has 0 aliphatic carbocycles. The monoisotopic (exact) mass is 325 g/mol. The minimum atomic E-state index is -0.703. The zero-order chi connectivity index (χ0) is 17.9. The van der Waals surface area contributed by atoms with Gasteiger partial charge in [0, 0.05) is 12.2 Å². The van der Waals surface area contributed by atoms with Crippen LogP contribution in [-0.4, -0.2) is 17.4 Å². The van der Waals surface area contributed by atoms with E-state index in [1.807, 2.05) is 45.9 Å². The Morgan fingerprint density at radius 3 is 2.54 bits per heavy atom. The number of aromatic nitrogens is 1. The summed E-state index contributed by atoms with van der Waals surface area (Å²) in [7, 11) is 0. The maximum atomic E-state index is 14.3. The molecule has 0 aliphatic rings. The summed E-state index contributed by atoms with van der Waals surface area (Å²) in [6, 6.07) is 11.1. The summed E-state index contributed by atoms with van der Waals surface area (Å²) < 4.78 is 14.3. The Balaban J connectivity index is 2.47. The first-order chi connectivity index (χ1) is 11.2. The summed E-state index contributed by atoms with van der Waals surface area (Å²) in [5.41, 5.74) is 0.700. The van der Waals surface area contributed by atoms with E-state index in [0.717, 1.165) is 11.8 Å². The normalized spacial score (nSPS) is 11.0. The molecule has 24 heavy (non-hydrogen) atoms. The van der Waals surface area contributed by atoms with Crippen molar-refractivity contribution in [2.75, 3.05) is 11.4 Å². The highest BCUT2D eigenvalue weighted by Crippen LogP contribution is 2.23. The molecule has 2 aromatic rings. The lowest BCUT2D eigenvalue weighted by molar-refractivity contribution is 0.0973. The fourth-order valence-electron chi connectivity index (χ4n) is 2.31. The van der Waals surface area contributed by atoms with Crippen molar-refractivity contribution in [3.63, 3.8) is 0 Å². The number of hydrogen-bond acceptors (Lipinski definition) is 3. The summed E-state index contributed by atoms with van der Waals surface area (Å²) in [6.07, 6.45) is 0. The SMILES string of the molecule is Cc1cccc(N(CC(C)(C)C)C(=O)c2ccc(C#N)cc2F)n1. The number of nitrogens with zero attached hydrogens (tertiary/aromatic N) is 3. The highest BCUT2D eigenvalue weighted by atomic mass is 19.1. The van der Waals surface area contributed by atoms with Gasteiger partial charge < -0.3 is 0 Å². The average Bonchev–Trinajstić information content (AvgIpc) is 2.51. The van der Waals surface area contributed by atoms with Crippen LogP contribution in [0.1, 0.15) is 42.4 Å². The highest BCUT2D eigenvalue weighted by molar-refractivity contribution is 6.05. The van der Waals surface area contributed by atoms with Crippen molar-refractivity contribution in [3.05, 3.63) is 59.0 Å². The number of halogens is 1. The highest BCUT2D eigenvalue weighted by Gasteiger charge is 2.26. The smallest absolute Gasteiger partial charge is 0.262 e. The van der Waals surface area contributed by atoms with E-state index in [0.29, 0.717) is 12.4 Å². The molecule has 0 fully saturated rings. The molecule has 0 atom stereocenters. The van der Waals surface area contributed by atoms with Gasteiger partial charge in [-0.3, -0.25) is 9.69 Å². The van der Waals surface area contributed by atoms with Crippen LogP contribution in [0.25, 0.3) is 0 Å². The Hall–Kier alpha value is -2.74. The molecular weight excluding hydrogens is 305 g/mol. The summed E-state index contributed by atoms with van der Waals surface area (Å²) >= 11 is 0. The summed E-state index contributed by atoms with van der Waals surface area (Å²) in [4.78, 5) is 18.8. The average molecular weight is 325 g/mol. The molecule has 1 aromatic carbocycles. The predicted octanol–water partition coefficient (Wildman–Crippen LogP) is 4.09. The Bertz CT molecular complexity index is 803. The van der Waals surface area contributed by atoms with Crippen molar-refractivity contribution in [2.45, 2.75) is 27.7 Å². The Labute approximate surface area is 141 Å². The molecule has 0 N–H and O–H groups in total. The van der Waals surface area contributed by atoms with Crippen molar-refractivity contribution in [3.8, 4) is 6.07 Å². The van der Waals surface area contributed by atoms with Crippen LogP contribution in [0.15, 0.2) is 36.4 Å². The number of hydrogen-bond donors (Lipinski definition) is 0. The summed E-state index contributed by atoms with van der Waals surface area (Å²) in [6.45, 7) is 8.22. The Kier molecular flexibility index (Phi) is 4.99. The van der Waals surface area contributed by atoms with Crippen LogP contribution < -0.4 is 4.90 Å². The van der Waals surface area contributed by atoms with Gasteiger partial charge in [0.05, 0.1) is 17.2 Å². The molecule has 0 unspecified atom stereocenters. The quantitative estimate of drug-likeness (QED) is 0.854. The van der Waals surface area contributed by atoms with Crippen molar-refractivity contribution in [1.82, 2.24) is 4.98 Å². The van der Waals surface area contributed by atoms with Crippen LogP contribution in [0, 0.1) is 29.5 Å². The van der Waals surface area contributed by atoms with Gasteiger partial charge >= 0.3 is 0 Å². The van der Waals surface area contributed by atoms with Crippen molar-refractivity contribution in [1.29, 1.82) is 5.26 Å². The van der Waals surface area contributed by atoms with E-state index in [2.05, 4.69) is 4.98 Å². The first-order valence-corrected chi connectivity index (χ1v) is 7.66. The molecule has 0 bridgehead atoms. The van der Waals surface area contributed by atoms with Gasteiger partial charge in [0.25, 0.3) is 5.91 Å². The number of aryl methyl sites for hydroxylation is 1. The maximum absolute atomic E-state index is 14.3. The molecule has 0 spiro atoms. The standard InChI is InChI=1S/C19H20FN3O/c1-13-6-5-7-17(22-13)23(12-19(2,3)4)18(24)15-9-8-14(11-21)10-16(15)20/h5-10H,12H2,1-4H3. The lowest BCUT2D eigenvalue weighted by atomic mass is 9.95. The molecule has 1 heterocycles. The topological polar surface area (TPSA) is 57.0 Å². The third-order valence-corrected chi connectivity index (χ3v) is 3.36. The molecule has 4 nitrogen and oxygen atoms in total. The predicted molar refractivity (Wildman–Crippen MR) is 91.2 cm³/mol. The van der Waals surface area contributed by atoms with Gasteiger partial charge in [-0.1, -0.05) is 26.8 Å². The number of rotatable bonds is 3. The van der Waals surface area contributed by atoms with Crippen LogP contribution in [0.4, 0.5) is 10.2 Å². The number of benzene rings is 1. The van der Waals surface area contributed by atoms with E-state index in [4.69, 9.17) is 5.26 Å². The van der Waals surface area contributed by atoms with Gasteiger partial charge in [0.2, 0.25) is 0 Å². The van der Waals surface area contributed by atoms with Crippen LogP contribution in [0.2, 0.25) is 0 Å². The van der Waals surface area contributed by atoms with E-state index < -0.39 is 11.7 Å². The van der Waals surface area contributed by atoms with Crippen LogP contribution in [0.3, 0.4) is 0 Å². The lowest BCUT2D eigenvalue weighted by Gasteiger charge is -2.29. The zero-order valence-electron chi connectivity index (χ0n) is 14.3. The lowest BCUT2D eigenvalue weighted by Crippen LogP contribution is -2.39. The fraction of sp³-hybridized carbons (Fsp3) is 0.316. The molecule has 5 heteroatoms. The minimum absolute atomic E-state index is 0.0680. The van der Waals surface area contributed by atoms with Gasteiger partial charge in [0.15, 0.2) is 0 Å². The Morgan fingerprint density at radius 1 is 1.29 bits per heavy atom. The van der Waals surface area contributed by atoms with Gasteiger partial charge in [-0.2, -0.15) is 5.26 Å². The van der Waals surface area contributed by atoms with Crippen LogP contribution in [0.5, 0.6) is 0 Å². The third kappa shape index (κ3) is 4.17. The van der Waals surface area contributed by atoms with E-state index in [1.165, 1.54) is 17.0 Å².